The number of hydrogen-bond acceptors (Lipinski definition) is 7. The van der Waals surface area contributed by atoms with Crippen molar-refractivity contribution in [1.29, 1.82) is 5.41 Å². The molecule has 0 bridgehead atoms. The first-order valence-electron chi connectivity index (χ1n) is 9.47. The number of ketones is 1. The first-order valence-corrected chi connectivity index (χ1v) is 11.1. The summed E-state index contributed by atoms with van der Waals surface area (Å²) in [6, 6.07) is 12.2. The number of nitro benzene ring substituents is 1. The molecule has 2 aromatic carbocycles. The maximum Gasteiger partial charge on any atom is 0.305 e. The number of esters is 1. The van der Waals surface area contributed by atoms with E-state index in [2.05, 4.69) is 15.9 Å². The molecule has 0 aliphatic rings. The lowest BCUT2D eigenvalue weighted by Gasteiger charge is -2.05. The van der Waals surface area contributed by atoms with Gasteiger partial charge in [0.15, 0.2) is 5.78 Å². The van der Waals surface area contributed by atoms with E-state index >= 15 is 0 Å². The van der Waals surface area contributed by atoms with E-state index in [1.165, 1.54) is 30.0 Å². The van der Waals surface area contributed by atoms with E-state index in [9.17, 15) is 19.7 Å². The van der Waals surface area contributed by atoms with Gasteiger partial charge in [-0.15, -0.1) is 0 Å². The Kier molecular flexibility index (Phi) is 9.61. The van der Waals surface area contributed by atoms with E-state index in [-0.39, 0.29) is 30.2 Å². The summed E-state index contributed by atoms with van der Waals surface area (Å²) < 4.78 is 5.68. The molecule has 2 rings (SSSR count). The molecule has 7 nitrogen and oxygen atoms in total. The molecular formula is C22H21BrN2O5S. The fraction of sp³-hybridized carbons (Fsp3) is 0.227. The van der Waals surface area contributed by atoms with Crippen molar-refractivity contribution >= 4 is 56.9 Å². The Bertz CT molecular complexity index is 1020. The number of allylic oxidation sites excluding steroid dienone is 1. The molecule has 0 amide bonds. The first kappa shape index (κ1) is 24.5. The summed E-state index contributed by atoms with van der Waals surface area (Å²) in [5.41, 5.74) is 0.291. The number of benzene rings is 2. The van der Waals surface area contributed by atoms with Crippen molar-refractivity contribution in [3.63, 3.8) is 0 Å². The molecule has 0 spiro atoms. The SMILES string of the molecule is CCOC(=O)CCCC(=N)C(=O)/C=C/c1ccc(Sc2cccc(Br)c2)c([N+](=O)[O-])c1. The second-order valence-electron chi connectivity index (χ2n) is 6.38. The van der Waals surface area contributed by atoms with Crippen LogP contribution < -0.4 is 0 Å². The van der Waals surface area contributed by atoms with Crippen LogP contribution in [0, 0.1) is 15.5 Å². The number of halogens is 1. The zero-order chi connectivity index (χ0) is 22.8. The lowest BCUT2D eigenvalue weighted by atomic mass is 10.1. The average molecular weight is 505 g/mol. The van der Waals surface area contributed by atoms with Crippen LogP contribution in [0.3, 0.4) is 0 Å². The van der Waals surface area contributed by atoms with Gasteiger partial charge < -0.3 is 10.1 Å². The van der Waals surface area contributed by atoms with Crippen LogP contribution >= 0.6 is 27.7 Å². The van der Waals surface area contributed by atoms with Gasteiger partial charge in [0.2, 0.25) is 0 Å². The Morgan fingerprint density at radius 3 is 2.68 bits per heavy atom. The van der Waals surface area contributed by atoms with Crippen LogP contribution in [-0.2, 0) is 14.3 Å². The Balaban J connectivity index is 2.04. The van der Waals surface area contributed by atoms with Gasteiger partial charge in [-0.25, -0.2) is 0 Å². The third kappa shape index (κ3) is 8.10. The van der Waals surface area contributed by atoms with E-state index in [4.69, 9.17) is 10.1 Å². The van der Waals surface area contributed by atoms with Gasteiger partial charge in [-0.2, -0.15) is 0 Å². The van der Waals surface area contributed by atoms with Gasteiger partial charge in [-0.3, -0.25) is 19.7 Å². The van der Waals surface area contributed by atoms with Crippen LogP contribution in [-0.4, -0.2) is 29.0 Å². The van der Waals surface area contributed by atoms with Crippen molar-refractivity contribution in [3.05, 3.63) is 68.7 Å². The lowest BCUT2D eigenvalue weighted by Crippen LogP contribution is -2.11. The number of ether oxygens (including phenoxy) is 1. The Hall–Kier alpha value is -2.78. The van der Waals surface area contributed by atoms with Gasteiger partial charge in [0.25, 0.3) is 5.69 Å². The molecule has 162 valence electrons. The van der Waals surface area contributed by atoms with Gasteiger partial charge in [0.05, 0.1) is 22.1 Å². The molecule has 9 heteroatoms. The largest absolute Gasteiger partial charge is 0.466 e. The van der Waals surface area contributed by atoms with Crippen LogP contribution in [0.2, 0.25) is 0 Å². The van der Waals surface area contributed by atoms with Crippen molar-refractivity contribution in [2.24, 2.45) is 0 Å². The molecule has 0 aliphatic heterocycles. The monoisotopic (exact) mass is 504 g/mol. The summed E-state index contributed by atoms with van der Waals surface area (Å²) in [5.74, 6) is -0.856. The summed E-state index contributed by atoms with van der Waals surface area (Å²) in [4.78, 5) is 35.8. The minimum Gasteiger partial charge on any atom is -0.466 e. The van der Waals surface area contributed by atoms with Crippen LogP contribution in [0.15, 0.2) is 62.8 Å². The minimum atomic E-state index is -0.501. The van der Waals surface area contributed by atoms with Crippen LogP contribution in [0.4, 0.5) is 5.69 Å². The third-order valence-electron chi connectivity index (χ3n) is 4.04. The van der Waals surface area contributed by atoms with E-state index in [1.54, 1.807) is 19.1 Å². The topological polar surface area (TPSA) is 110 Å². The molecule has 0 heterocycles. The van der Waals surface area contributed by atoms with E-state index in [0.29, 0.717) is 23.5 Å². The highest BCUT2D eigenvalue weighted by Crippen LogP contribution is 2.36. The van der Waals surface area contributed by atoms with Crippen LogP contribution in [0.5, 0.6) is 0 Å². The molecule has 0 saturated carbocycles. The molecule has 0 radical (unpaired) electrons. The van der Waals surface area contributed by atoms with Crippen molar-refractivity contribution in [2.45, 2.75) is 36.0 Å². The maximum absolute atomic E-state index is 12.1. The summed E-state index contributed by atoms with van der Waals surface area (Å²) >= 11 is 4.66. The quantitative estimate of drug-likeness (QED) is 0.135. The normalized spacial score (nSPS) is 10.8. The zero-order valence-electron chi connectivity index (χ0n) is 16.8. The fourth-order valence-corrected chi connectivity index (χ4v) is 4.07. The molecule has 0 aromatic heterocycles. The minimum absolute atomic E-state index is 0.0657. The van der Waals surface area contributed by atoms with Gasteiger partial charge in [-0.05, 0) is 55.7 Å². The Labute approximate surface area is 192 Å². The van der Waals surface area contributed by atoms with Gasteiger partial charge in [0, 0.05) is 21.9 Å². The number of hydrogen-bond donors (Lipinski definition) is 1. The summed E-state index contributed by atoms with van der Waals surface area (Å²) in [6.07, 6.45) is 3.32. The molecular weight excluding hydrogens is 484 g/mol. The van der Waals surface area contributed by atoms with Crippen molar-refractivity contribution in [3.8, 4) is 0 Å². The number of carbonyl (C=O) groups is 2. The first-order chi connectivity index (χ1) is 14.8. The predicted molar refractivity (Wildman–Crippen MR) is 124 cm³/mol. The number of nitrogens with one attached hydrogen (secondary N) is 1. The van der Waals surface area contributed by atoms with Crippen molar-refractivity contribution in [1.82, 2.24) is 0 Å². The molecule has 0 unspecified atom stereocenters. The second kappa shape index (κ2) is 12.2. The van der Waals surface area contributed by atoms with E-state index in [1.807, 2.05) is 24.3 Å². The fourth-order valence-electron chi connectivity index (χ4n) is 2.56. The lowest BCUT2D eigenvalue weighted by molar-refractivity contribution is -0.387. The van der Waals surface area contributed by atoms with Gasteiger partial charge in [-0.1, -0.05) is 45.9 Å². The maximum atomic E-state index is 12.1. The molecule has 0 saturated heterocycles. The van der Waals surface area contributed by atoms with Crippen molar-refractivity contribution < 1.29 is 19.2 Å². The summed E-state index contributed by atoms with van der Waals surface area (Å²) in [5, 5.41) is 19.3. The average Bonchev–Trinajstić information content (AvgIpc) is 2.72. The van der Waals surface area contributed by atoms with Crippen molar-refractivity contribution in [2.75, 3.05) is 6.61 Å². The molecule has 1 N–H and O–H groups in total. The van der Waals surface area contributed by atoms with Crippen LogP contribution in [0.1, 0.15) is 31.7 Å². The standard InChI is InChI=1S/C22H21BrN2O5S/c1-2-30-22(27)8-4-7-18(24)20(26)11-9-15-10-12-21(19(13-15)25(28)29)31-17-6-3-5-16(23)14-17/h3,5-6,9-14,24H,2,4,7-8H2,1H3/b11-9+,24-18?. The van der Waals surface area contributed by atoms with Gasteiger partial charge >= 0.3 is 5.97 Å². The zero-order valence-corrected chi connectivity index (χ0v) is 19.2. The number of rotatable bonds is 11. The second-order valence-corrected chi connectivity index (χ2v) is 8.41. The molecule has 0 atom stereocenters. The molecule has 31 heavy (non-hydrogen) atoms. The Morgan fingerprint density at radius 1 is 1.23 bits per heavy atom. The van der Waals surface area contributed by atoms with Crippen LogP contribution in [0.25, 0.3) is 6.08 Å². The smallest absolute Gasteiger partial charge is 0.305 e. The predicted octanol–water partition coefficient (Wildman–Crippen LogP) is 5.84. The molecule has 0 aliphatic carbocycles. The number of nitro groups is 1. The summed E-state index contributed by atoms with van der Waals surface area (Å²) in [7, 11) is 0. The molecule has 2 aromatic rings. The number of nitrogens with zero attached hydrogens (tertiary/aromatic N) is 1. The third-order valence-corrected chi connectivity index (χ3v) is 5.59. The number of carbonyl (C=O) groups excluding carboxylic acids is 2. The Morgan fingerprint density at radius 2 is 2.00 bits per heavy atom. The highest BCUT2D eigenvalue weighted by atomic mass is 79.9. The molecule has 0 fully saturated rings. The highest BCUT2D eigenvalue weighted by molar-refractivity contribution is 9.10. The summed E-state index contributed by atoms with van der Waals surface area (Å²) in [6.45, 7) is 2.01. The van der Waals surface area contributed by atoms with E-state index in [0.717, 1.165) is 9.37 Å². The van der Waals surface area contributed by atoms with E-state index < -0.39 is 10.7 Å². The highest BCUT2D eigenvalue weighted by Gasteiger charge is 2.16. The van der Waals surface area contributed by atoms with Gasteiger partial charge in [0.1, 0.15) is 0 Å².